The molecule has 0 saturated heterocycles. The summed E-state index contributed by atoms with van der Waals surface area (Å²) in [5.41, 5.74) is 3.56. The van der Waals surface area contributed by atoms with Gasteiger partial charge in [0.25, 0.3) is 0 Å². The van der Waals surface area contributed by atoms with E-state index in [4.69, 9.17) is 16.3 Å². The van der Waals surface area contributed by atoms with E-state index < -0.39 is 11.9 Å². The Hall–Kier alpha value is -2.86. The van der Waals surface area contributed by atoms with Gasteiger partial charge in [0.1, 0.15) is 11.6 Å². The third-order valence-electron chi connectivity index (χ3n) is 4.43. The van der Waals surface area contributed by atoms with E-state index in [1.807, 2.05) is 37.4 Å². The number of carbonyl (C=O) groups is 1. The van der Waals surface area contributed by atoms with Gasteiger partial charge in [-0.3, -0.25) is 0 Å². The number of hydrogen-bond donors (Lipinski definition) is 2. The highest BCUT2D eigenvalue weighted by atomic mass is 35.5. The van der Waals surface area contributed by atoms with Crippen LogP contribution in [-0.2, 0) is 11.2 Å². The Morgan fingerprint density at radius 2 is 1.90 bits per heavy atom. The van der Waals surface area contributed by atoms with Gasteiger partial charge in [-0.1, -0.05) is 55.3 Å². The first-order valence-electron chi connectivity index (χ1n) is 9.57. The van der Waals surface area contributed by atoms with Crippen LogP contribution in [0.15, 0.2) is 48.7 Å². The molecule has 0 unspecified atom stereocenters. The zero-order valence-electron chi connectivity index (χ0n) is 16.2. The van der Waals surface area contributed by atoms with Crippen molar-refractivity contribution in [3.8, 4) is 22.4 Å². The molecule has 5 nitrogen and oxygen atoms in total. The predicted molar refractivity (Wildman–Crippen MR) is 112 cm³/mol. The van der Waals surface area contributed by atoms with Gasteiger partial charge in [0.05, 0.1) is 17.3 Å². The summed E-state index contributed by atoms with van der Waals surface area (Å²) in [4.78, 5) is 19.2. The Morgan fingerprint density at radius 1 is 1.17 bits per heavy atom. The molecule has 1 amide bonds. The van der Waals surface area contributed by atoms with Gasteiger partial charge in [-0.05, 0) is 29.7 Å². The molecule has 3 aromatic rings. The number of nitrogens with zero attached hydrogens (tertiary/aromatic N) is 1. The third kappa shape index (κ3) is 5.81. The molecule has 3 rings (SSSR count). The van der Waals surface area contributed by atoms with E-state index in [2.05, 4.69) is 15.3 Å². The smallest absolute Gasteiger partial charge is 0.407 e. The molecule has 152 valence electrons. The molecule has 2 aromatic carbocycles. The maximum absolute atomic E-state index is 13.3. The van der Waals surface area contributed by atoms with Crippen molar-refractivity contribution in [1.82, 2.24) is 15.3 Å². The molecular formula is C22H23ClFN3O2. The molecule has 0 aliphatic heterocycles. The van der Waals surface area contributed by atoms with Crippen molar-refractivity contribution in [1.29, 1.82) is 0 Å². The monoisotopic (exact) mass is 415 g/mol. The van der Waals surface area contributed by atoms with Crippen molar-refractivity contribution < 1.29 is 13.9 Å². The number of carbonyl (C=O) groups excluding carboxylic acids is 1. The van der Waals surface area contributed by atoms with Crippen molar-refractivity contribution in [2.45, 2.75) is 26.2 Å². The highest BCUT2D eigenvalue weighted by Crippen LogP contribution is 2.27. The fraction of sp³-hybridized carbons (Fsp3) is 0.273. The number of H-pyrrole nitrogens is 1. The van der Waals surface area contributed by atoms with E-state index >= 15 is 0 Å². The van der Waals surface area contributed by atoms with Crippen LogP contribution in [-0.4, -0.2) is 29.2 Å². The topological polar surface area (TPSA) is 67.0 Å². The van der Waals surface area contributed by atoms with Gasteiger partial charge in [-0.2, -0.15) is 0 Å². The van der Waals surface area contributed by atoms with Gasteiger partial charge >= 0.3 is 6.09 Å². The molecular weight excluding hydrogens is 393 g/mol. The lowest BCUT2D eigenvalue weighted by atomic mass is 10.0. The first-order chi connectivity index (χ1) is 14.1. The van der Waals surface area contributed by atoms with Gasteiger partial charge in [0, 0.05) is 24.7 Å². The minimum Gasteiger partial charge on any atom is -0.450 e. The highest BCUT2D eigenvalue weighted by molar-refractivity contribution is 6.31. The van der Waals surface area contributed by atoms with Gasteiger partial charge in [-0.15, -0.1) is 0 Å². The SMILES string of the molecule is CCCCOC(=O)NCCc1nc(-c2ccc(-c3ccc(F)c(Cl)c3)cc2)c[nH]1. The fourth-order valence-electron chi connectivity index (χ4n) is 2.79. The predicted octanol–water partition coefficient (Wildman–Crippen LogP) is 5.61. The minimum absolute atomic E-state index is 0.103. The summed E-state index contributed by atoms with van der Waals surface area (Å²) in [6.07, 6.45) is 3.86. The second-order valence-electron chi connectivity index (χ2n) is 6.60. The van der Waals surface area contributed by atoms with Crippen LogP contribution in [0, 0.1) is 5.82 Å². The van der Waals surface area contributed by atoms with Gasteiger partial charge in [0.15, 0.2) is 0 Å². The molecule has 7 heteroatoms. The first kappa shape index (κ1) is 20.9. The lowest BCUT2D eigenvalue weighted by Gasteiger charge is -2.05. The van der Waals surface area contributed by atoms with E-state index in [-0.39, 0.29) is 5.02 Å². The molecule has 29 heavy (non-hydrogen) atoms. The lowest BCUT2D eigenvalue weighted by molar-refractivity contribution is 0.144. The molecule has 0 saturated carbocycles. The van der Waals surface area contributed by atoms with E-state index in [0.29, 0.717) is 19.6 Å². The number of rotatable bonds is 8. The van der Waals surface area contributed by atoms with Crippen LogP contribution >= 0.6 is 11.6 Å². The molecule has 0 fully saturated rings. The molecule has 1 aromatic heterocycles. The molecule has 0 atom stereocenters. The van der Waals surface area contributed by atoms with Crippen molar-refractivity contribution >= 4 is 17.7 Å². The zero-order chi connectivity index (χ0) is 20.6. The number of amides is 1. The number of aromatic amines is 1. The molecule has 2 N–H and O–H groups in total. The van der Waals surface area contributed by atoms with Crippen molar-refractivity contribution in [3.05, 3.63) is 65.3 Å². The van der Waals surface area contributed by atoms with Gasteiger partial charge < -0.3 is 15.0 Å². The van der Waals surface area contributed by atoms with E-state index in [1.165, 1.54) is 6.07 Å². The van der Waals surface area contributed by atoms with Crippen LogP contribution in [0.3, 0.4) is 0 Å². The Morgan fingerprint density at radius 3 is 2.62 bits per heavy atom. The van der Waals surface area contributed by atoms with Crippen LogP contribution in [0.2, 0.25) is 5.02 Å². The molecule has 1 heterocycles. The van der Waals surface area contributed by atoms with E-state index in [0.717, 1.165) is 41.1 Å². The number of halogens is 2. The van der Waals surface area contributed by atoms with E-state index in [1.54, 1.807) is 12.1 Å². The van der Waals surface area contributed by atoms with Crippen LogP contribution in [0.4, 0.5) is 9.18 Å². The molecule has 0 aliphatic rings. The summed E-state index contributed by atoms with van der Waals surface area (Å²) >= 11 is 5.86. The lowest BCUT2D eigenvalue weighted by Crippen LogP contribution is -2.27. The Balaban J connectivity index is 1.56. The fourth-order valence-corrected chi connectivity index (χ4v) is 2.97. The first-order valence-corrected chi connectivity index (χ1v) is 9.95. The normalized spacial score (nSPS) is 10.7. The standard InChI is InChI=1S/C22H23ClFN3O2/c1-2-3-12-29-22(28)25-11-10-21-26-14-20(27-21)16-6-4-15(5-7-16)17-8-9-19(24)18(23)13-17/h4-9,13-14H,2-3,10-12H2,1H3,(H,25,28)(H,26,27). The zero-order valence-corrected chi connectivity index (χ0v) is 16.9. The summed E-state index contributed by atoms with van der Waals surface area (Å²) < 4.78 is 18.4. The molecule has 0 radical (unpaired) electrons. The average molecular weight is 416 g/mol. The van der Waals surface area contributed by atoms with Crippen LogP contribution in [0.25, 0.3) is 22.4 Å². The van der Waals surface area contributed by atoms with Crippen LogP contribution in [0.1, 0.15) is 25.6 Å². The van der Waals surface area contributed by atoms with Crippen LogP contribution in [0.5, 0.6) is 0 Å². The average Bonchev–Trinajstić information content (AvgIpc) is 3.19. The second kappa shape index (κ2) is 10.1. The number of benzene rings is 2. The Kier molecular flexibility index (Phi) is 7.25. The summed E-state index contributed by atoms with van der Waals surface area (Å²) in [6.45, 7) is 2.93. The maximum atomic E-state index is 13.3. The maximum Gasteiger partial charge on any atom is 0.407 e. The van der Waals surface area contributed by atoms with Crippen LogP contribution < -0.4 is 5.32 Å². The summed E-state index contributed by atoms with van der Waals surface area (Å²) in [6, 6.07) is 12.5. The molecule has 0 bridgehead atoms. The summed E-state index contributed by atoms with van der Waals surface area (Å²) in [5.74, 6) is 0.350. The van der Waals surface area contributed by atoms with Gasteiger partial charge in [0.2, 0.25) is 0 Å². The number of ether oxygens (including phenoxy) is 1. The van der Waals surface area contributed by atoms with Gasteiger partial charge in [-0.25, -0.2) is 14.2 Å². The van der Waals surface area contributed by atoms with E-state index in [9.17, 15) is 9.18 Å². The largest absolute Gasteiger partial charge is 0.450 e. The Bertz CT molecular complexity index is 957. The summed E-state index contributed by atoms with van der Waals surface area (Å²) in [7, 11) is 0. The van der Waals surface area contributed by atoms with Crippen molar-refractivity contribution in [3.63, 3.8) is 0 Å². The number of nitrogens with one attached hydrogen (secondary N) is 2. The molecule has 0 spiro atoms. The number of hydrogen-bond acceptors (Lipinski definition) is 3. The van der Waals surface area contributed by atoms with Crippen molar-refractivity contribution in [2.75, 3.05) is 13.2 Å². The Labute approximate surface area is 174 Å². The van der Waals surface area contributed by atoms with Crippen molar-refractivity contribution in [2.24, 2.45) is 0 Å². The second-order valence-corrected chi connectivity index (χ2v) is 7.01. The minimum atomic E-state index is -0.431. The number of aromatic nitrogens is 2. The highest BCUT2D eigenvalue weighted by Gasteiger charge is 2.07. The molecule has 0 aliphatic carbocycles. The number of unbranched alkanes of at least 4 members (excludes halogenated alkanes) is 1. The summed E-state index contributed by atoms with van der Waals surface area (Å²) in [5, 5.41) is 2.82. The quantitative estimate of drug-likeness (QED) is 0.470. The number of imidazole rings is 1. The number of alkyl carbamates (subject to hydrolysis) is 1. The third-order valence-corrected chi connectivity index (χ3v) is 4.72.